The number of carbonyl (C=O) groups excluding carboxylic acids is 2. The van der Waals surface area contributed by atoms with Crippen LogP contribution in [-0.2, 0) is 14.2 Å². The van der Waals surface area contributed by atoms with Crippen molar-refractivity contribution in [1.29, 1.82) is 0 Å². The van der Waals surface area contributed by atoms with E-state index in [0.717, 1.165) is 11.1 Å². The molecule has 1 saturated heterocycles. The normalized spacial score (nSPS) is 21.0. The van der Waals surface area contributed by atoms with Crippen molar-refractivity contribution in [3.63, 3.8) is 0 Å². The summed E-state index contributed by atoms with van der Waals surface area (Å²) in [6, 6.07) is 19.2. The summed E-state index contributed by atoms with van der Waals surface area (Å²) in [5, 5.41) is 24.6. The van der Waals surface area contributed by atoms with Gasteiger partial charge in [-0.1, -0.05) is 42.5 Å². The third kappa shape index (κ3) is 5.82. The lowest BCUT2D eigenvalue weighted by Gasteiger charge is -2.47. The molecule has 1 aliphatic rings. The molecular weight excluding hydrogens is 572 g/mol. The summed E-state index contributed by atoms with van der Waals surface area (Å²) < 4.78 is 28.0. The molecule has 3 aromatic carbocycles. The first-order valence-electron chi connectivity index (χ1n) is 13.7. The number of hydrogen-bond acceptors (Lipinski definition) is 10. The van der Waals surface area contributed by atoms with E-state index in [2.05, 4.69) is 5.32 Å². The topological polar surface area (TPSA) is 180 Å². The largest absolute Gasteiger partial charge is 0.505 e. The third-order valence-electron chi connectivity index (χ3n) is 7.49. The van der Waals surface area contributed by atoms with Gasteiger partial charge in [0.15, 0.2) is 23.6 Å². The summed E-state index contributed by atoms with van der Waals surface area (Å²) in [4.78, 5) is 37.6. The Hall–Kier alpha value is -4.91. The second kappa shape index (κ2) is 12.0. The van der Waals surface area contributed by atoms with Crippen LogP contribution in [0.3, 0.4) is 0 Å². The fourth-order valence-corrected chi connectivity index (χ4v) is 5.33. The van der Waals surface area contributed by atoms with Gasteiger partial charge in [0.25, 0.3) is 5.91 Å². The van der Waals surface area contributed by atoms with Crippen molar-refractivity contribution < 1.29 is 43.2 Å². The van der Waals surface area contributed by atoms with Gasteiger partial charge >= 0.3 is 11.7 Å². The molecule has 12 nitrogen and oxygen atoms in total. The Morgan fingerprint density at radius 3 is 2.41 bits per heavy atom. The van der Waals surface area contributed by atoms with Crippen molar-refractivity contribution in [3.8, 4) is 22.6 Å². The Morgan fingerprint density at radius 1 is 1.02 bits per heavy atom. The number of aliphatic hydroxyl groups excluding tert-OH is 1. The van der Waals surface area contributed by atoms with Gasteiger partial charge in [0.1, 0.15) is 17.4 Å². The Labute approximate surface area is 251 Å². The number of nitrogens with two attached hydrogens (primary N) is 1. The molecule has 230 valence electrons. The maximum Gasteiger partial charge on any atom is 0.404 e. The van der Waals surface area contributed by atoms with E-state index in [1.54, 1.807) is 39.0 Å². The first-order chi connectivity index (χ1) is 20.9. The van der Waals surface area contributed by atoms with E-state index in [4.69, 9.17) is 29.1 Å². The molecule has 4 atom stereocenters. The average Bonchev–Trinajstić information content (AvgIpc) is 2.99. The van der Waals surface area contributed by atoms with Crippen LogP contribution >= 0.6 is 0 Å². The van der Waals surface area contributed by atoms with Crippen molar-refractivity contribution in [3.05, 3.63) is 88.3 Å². The van der Waals surface area contributed by atoms with Gasteiger partial charge in [0.05, 0.1) is 11.0 Å². The molecule has 1 aliphatic heterocycles. The molecule has 4 aromatic rings. The minimum atomic E-state index is -1.51. The van der Waals surface area contributed by atoms with Gasteiger partial charge in [-0.25, -0.2) is 9.59 Å². The van der Waals surface area contributed by atoms with Crippen LogP contribution in [0.1, 0.15) is 29.8 Å². The number of rotatable bonds is 7. The molecule has 0 radical (unpaired) electrons. The van der Waals surface area contributed by atoms with Crippen LogP contribution < -0.4 is 21.4 Å². The van der Waals surface area contributed by atoms with E-state index in [1.165, 1.54) is 19.2 Å². The molecule has 0 aliphatic carbocycles. The zero-order valence-corrected chi connectivity index (χ0v) is 24.4. The van der Waals surface area contributed by atoms with E-state index in [1.807, 2.05) is 36.4 Å². The second-order valence-corrected chi connectivity index (χ2v) is 10.8. The first kappa shape index (κ1) is 30.5. The van der Waals surface area contributed by atoms with E-state index in [-0.39, 0.29) is 27.8 Å². The highest BCUT2D eigenvalue weighted by Crippen LogP contribution is 2.38. The minimum Gasteiger partial charge on any atom is -0.505 e. The molecule has 2 amide bonds. The molecule has 0 bridgehead atoms. The molecule has 1 fully saturated rings. The quantitative estimate of drug-likeness (QED) is 0.225. The highest BCUT2D eigenvalue weighted by atomic mass is 16.7. The Morgan fingerprint density at radius 2 is 1.73 bits per heavy atom. The minimum absolute atomic E-state index is 0.0154. The van der Waals surface area contributed by atoms with E-state index in [0.29, 0.717) is 0 Å². The molecule has 44 heavy (non-hydrogen) atoms. The molecule has 0 spiro atoms. The molecule has 5 N–H and O–H groups in total. The molecular formula is C32H32N2O10. The van der Waals surface area contributed by atoms with Gasteiger partial charge < -0.3 is 44.6 Å². The van der Waals surface area contributed by atoms with Crippen LogP contribution in [0.15, 0.2) is 75.9 Å². The van der Waals surface area contributed by atoms with Gasteiger partial charge in [-0.3, -0.25) is 4.79 Å². The Kier molecular flexibility index (Phi) is 8.33. The monoisotopic (exact) mass is 604 g/mol. The maximum atomic E-state index is 13.1. The van der Waals surface area contributed by atoms with Crippen LogP contribution in [0.4, 0.5) is 10.5 Å². The number of ether oxygens (including phenoxy) is 4. The third-order valence-corrected chi connectivity index (χ3v) is 7.49. The SMILES string of the molecule is CO[C@@H]1[C@@H](OC(N)=O)[C@@H](O)[C@H](Oc2ccc3c(O)c(NC(=O)c4cccc(-c5ccccc5)c4)c(=O)oc3c2C)OC1(C)C. The fraction of sp³-hybridized carbons (Fsp3) is 0.281. The summed E-state index contributed by atoms with van der Waals surface area (Å²) in [6.45, 7) is 4.90. The zero-order chi connectivity index (χ0) is 31.8. The standard InChI is InChI=1S/C32H32N2O10/c1-16-21(41-30-24(36)26(43-31(33)39)27(40-4)32(2,3)44-30)14-13-20-23(35)22(29(38)42-25(16)20)34-28(37)19-12-8-11-18(15-19)17-9-6-5-7-10-17/h5-15,24,26-27,30,35-36H,1-4H3,(H2,33,39)(H,34,37)/t24-,26+,27-,30-/m1/s1. The van der Waals surface area contributed by atoms with E-state index in [9.17, 15) is 24.6 Å². The van der Waals surface area contributed by atoms with Crippen molar-refractivity contribution in [2.45, 2.75) is 51.0 Å². The Bertz CT molecular complexity index is 1770. The summed E-state index contributed by atoms with van der Waals surface area (Å²) >= 11 is 0. The lowest BCUT2D eigenvalue weighted by molar-refractivity contribution is -0.304. The lowest BCUT2D eigenvalue weighted by atomic mass is 9.89. The van der Waals surface area contributed by atoms with Crippen LogP contribution in [-0.4, -0.2) is 59.5 Å². The number of amides is 2. The molecule has 12 heteroatoms. The van der Waals surface area contributed by atoms with Crippen LogP contribution in [0.2, 0.25) is 0 Å². The predicted octanol–water partition coefficient (Wildman–Crippen LogP) is 4.08. The number of aromatic hydroxyl groups is 1. The number of benzene rings is 3. The lowest BCUT2D eigenvalue weighted by Crippen LogP contribution is -2.65. The van der Waals surface area contributed by atoms with Gasteiger partial charge in [0.2, 0.25) is 6.29 Å². The number of hydrogen-bond donors (Lipinski definition) is 4. The molecule has 2 heterocycles. The predicted molar refractivity (Wildman–Crippen MR) is 160 cm³/mol. The number of anilines is 1. The van der Waals surface area contributed by atoms with Crippen molar-refractivity contribution >= 4 is 28.7 Å². The van der Waals surface area contributed by atoms with Crippen LogP contribution in [0.5, 0.6) is 11.5 Å². The highest BCUT2D eigenvalue weighted by molar-refractivity contribution is 6.07. The highest BCUT2D eigenvalue weighted by Gasteiger charge is 2.53. The van der Waals surface area contributed by atoms with Crippen LogP contribution in [0.25, 0.3) is 22.1 Å². The smallest absolute Gasteiger partial charge is 0.404 e. The summed E-state index contributed by atoms with van der Waals surface area (Å²) in [7, 11) is 1.38. The number of methoxy groups -OCH3 is 1. The number of fused-ring (bicyclic) bond motifs is 1. The van der Waals surface area contributed by atoms with Gasteiger partial charge in [-0.2, -0.15) is 0 Å². The van der Waals surface area contributed by atoms with E-state index >= 15 is 0 Å². The first-order valence-corrected chi connectivity index (χ1v) is 13.7. The van der Waals surface area contributed by atoms with Crippen molar-refractivity contribution in [2.75, 3.05) is 12.4 Å². The molecule has 0 saturated carbocycles. The number of carbonyl (C=O) groups is 2. The zero-order valence-electron chi connectivity index (χ0n) is 24.4. The van der Waals surface area contributed by atoms with E-state index < -0.39 is 59.3 Å². The fourth-order valence-electron chi connectivity index (χ4n) is 5.33. The number of aryl methyl sites for hydroxylation is 1. The molecule has 0 unspecified atom stereocenters. The van der Waals surface area contributed by atoms with Crippen molar-refractivity contribution in [1.82, 2.24) is 0 Å². The van der Waals surface area contributed by atoms with Gasteiger partial charge in [0, 0.05) is 18.2 Å². The number of aliphatic hydroxyl groups is 1. The maximum absolute atomic E-state index is 13.1. The molecule has 5 rings (SSSR count). The van der Waals surface area contributed by atoms with Gasteiger partial charge in [-0.15, -0.1) is 0 Å². The summed E-state index contributed by atoms with van der Waals surface area (Å²) in [5.41, 5.74) is 4.97. The summed E-state index contributed by atoms with van der Waals surface area (Å²) in [5.74, 6) is -0.968. The van der Waals surface area contributed by atoms with Gasteiger partial charge in [-0.05, 0) is 56.2 Å². The molecule has 1 aromatic heterocycles. The Balaban J connectivity index is 1.42. The second-order valence-electron chi connectivity index (χ2n) is 10.8. The average molecular weight is 605 g/mol. The summed E-state index contributed by atoms with van der Waals surface area (Å²) in [6.07, 6.45) is -6.05. The van der Waals surface area contributed by atoms with Crippen molar-refractivity contribution in [2.24, 2.45) is 5.73 Å². The number of primary amides is 1. The number of nitrogens with one attached hydrogen (secondary N) is 1. The van der Waals surface area contributed by atoms with Crippen LogP contribution in [0, 0.1) is 6.92 Å².